The first-order valence-electron chi connectivity index (χ1n) is 5.88. The zero-order valence-corrected chi connectivity index (χ0v) is 11.3. The molecule has 2 N–H and O–H groups in total. The SMILES string of the molecule is CC1(C)CN(C(=O)c2cccc(Cl)c2N)CCO1. The maximum Gasteiger partial charge on any atom is 0.256 e. The summed E-state index contributed by atoms with van der Waals surface area (Å²) in [4.78, 5) is 14.1. The van der Waals surface area contributed by atoms with E-state index in [4.69, 9.17) is 22.1 Å². The Morgan fingerprint density at radius 1 is 1.50 bits per heavy atom. The van der Waals surface area contributed by atoms with Gasteiger partial charge in [-0.3, -0.25) is 4.79 Å². The van der Waals surface area contributed by atoms with Crippen LogP contribution >= 0.6 is 11.6 Å². The minimum Gasteiger partial charge on any atom is -0.397 e. The first-order valence-corrected chi connectivity index (χ1v) is 6.26. The molecule has 0 bridgehead atoms. The Morgan fingerprint density at radius 3 is 2.89 bits per heavy atom. The van der Waals surface area contributed by atoms with Crippen molar-refractivity contribution in [3.63, 3.8) is 0 Å². The van der Waals surface area contributed by atoms with E-state index in [9.17, 15) is 4.79 Å². The summed E-state index contributed by atoms with van der Waals surface area (Å²) in [5.74, 6) is -0.0913. The lowest BCUT2D eigenvalue weighted by molar-refractivity contribution is -0.0763. The summed E-state index contributed by atoms with van der Waals surface area (Å²) in [6.45, 7) is 5.60. The predicted octanol–water partition coefficient (Wildman–Crippen LogP) is 2.17. The quantitative estimate of drug-likeness (QED) is 0.794. The predicted molar refractivity (Wildman–Crippen MR) is 71.8 cm³/mol. The second kappa shape index (κ2) is 4.78. The average molecular weight is 269 g/mol. The van der Waals surface area contributed by atoms with Gasteiger partial charge in [0.1, 0.15) is 0 Å². The molecule has 0 spiro atoms. The zero-order valence-electron chi connectivity index (χ0n) is 10.6. The summed E-state index contributed by atoms with van der Waals surface area (Å²) in [5, 5.41) is 0.411. The molecule has 18 heavy (non-hydrogen) atoms. The fourth-order valence-electron chi connectivity index (χ4n) is 2.08. The number of hydrogen-bond donors (Lipinski definition) is 1. The Morgan fingerprint density at radius 2 is 2.22 bits per heavy atom. The largest absolute Gasteiger partial charge is 0.397 e. The van der Waals surface area contributed by atoms with Crippen molar-refractivity contribution in [2.45, 2.75) is 19.4 Å². The number of para-hydroxylation sites is 1. The van der Waals surface area contributed by atoms with Gasteiger partial charge in [0.2, 0.25) is 0 Å². The molecule has 0 aliphatic carbocycles. The highest BCUT2D eigenvalue weighted by Crippen LogP contribution is 2.25. The molecule has 0 aromatic heterocycles. The fraction of sp³-hybridized carbons (Fsp3) is 0.462. The van der Waals surface area contributed by atoms with Crippen molar-refractivity contribution >= 4 is 23.2 Å². The Balaban J connectivity index is 2.23. The average Bonchev–Trinajstić information content (AvgIpc) is 2.30. The number of benzene rings is 1. The van der Waals surface area contributed by atoms with Crippen molar-refractivity contribution in [3.05, 3.63) is 28.8 Å². The molecule has 1 aliphatic rings. The standard InChI is InChI=1S/C13H17ClN2O2/c1-13(2)8-16(6-7-18-13)12(17)9-4-3-5-10(14)11(9)15/h3-5H,6-8,15H2,1-2H3. The van der Waals surface area contributed by atoms with Crippen LogP contribution in [0.25, 0.3) is 0 Å². The molecule has 4 nitrogen and oxygen atoms in total. The summed E-state index contributed by atoms with van der Waals surface area (Å²) in [6, 6.07) is 5.11. The van der Waals surface area contributed by atoms with Gasteiger partial charge in [0.05, 0.1) is 28.5 Å². The second-order valence-electron chi connectivity index (χ2n) is 5.04. The topological polar surface area (TPSA) is 55.6 Å². The van der Waals surface area contributed by atoms with E-state index >= 15 is 0 Å². The third kappa shape index (κ3) is 2.60. The number of nitrogens with two attached hydrogens (primary N) is 1. The van der Waals surface area contributed by atoms with Crippen LogP contribution in [0.4, 0.5) is 5.69 Å². The molecule has 1 saturated heterocycles. The van der Waals surface area contributed by atoms with Crippen molar-refractivity contribution in [1.29, 1.82) is 0 Å². The molecule has 1 aromatic rings. The molecule has 0 radical (unpaired) electrons. The van der Waals surface area contributed by atoms with Gasteiger partial charge < -0.3 is 15.4 Å². The summed E-state index contributed by atoms with van der Waals surface area (Å²) in [6.07, 6.45) is 0. The number of amides is 1. The number of rotatable bonds is 1. The van der Waals surface area contributed by atoms with Crippen LogP contribution in [0, 0.1) is 0 Å². The van der Waals surface area contributed by atoms with Crippen LogP contribution in [0.1, 0.15) is 24.2 Å². The first kappa shape index (κ1) is 13.2. The van der Waals surface area contributed by atoms with Crippen molar-refractivity contribution in [2.75, 3.05) is 25.4 Å². The number of nitrogen functional groups attached to an aromatic ring is 1. The third-order valence-corrected chi connectivity index (χ3v) is 3.33. The van der Waals surface area contributed by atoms with Gasteiger partial charge in [-0.05, 0) is 26.0 Å². The van der Waals surface area contributed by atoms with Gasteiger partial charge in [0, 0.05) is 13.1 Å². The molecule has 98 valence electrons. The molecule has 1 aliphatic heterocycles. The lowest BCUT2D eigenvalue weighted by Crippen LogP contribution is -2.50. The van der Waals surface area contributed by atoms with E-state index in [1.54, 1.807) is 23.1 Å². The van der Waals surface area contributed by atoms with E-state index in [1.165, 1.54) is 0 Å². The molecule has 0 atom stereocenters. The second-order valence-corrected chi connectivity index (χ2v) is 5.44. The number of ether oxygens (including phenoxy) is 1. The number of morpholine rings is 1. The molecule has 1 fully saturated rings. The summed E-state index contributed by atoms with van der Waals surface area (Å²) < 4.78 is 5.58. The van der Waals surface area contributed by atoms with Crippen LogP contribution in [0.2, 0.25) is 5.02 Å². The van der Waals surface area contributed by atoms with Crippen LogP contribution in [0.15, 0.2) is 18.2 Å². The van der Waals surface area contributed by atoms with Crippen molar-refractivity contribution in [3.8, 4) is 0 Å². The van der Waals surface area contributed by atoms with E-state index in [2.05, 4.69) is 0 Å². The van der Waals surface area contributed by atoms with Crippen molar-refractivity contribution in [1.82, 2.24) is 4.90 Å². The minimum absolute atomic E-state index is 0.0913. The molecule has 5 heteroatoms. The summed E-state index contributed by atoms with van der Waals surface area (Å²) in [5.41, 5.74) is 6.33. The molecule has 0 unspecified atom stereocenters. The zero-order chi connectivity index (χ0) is 13.3. The number of carbonyl (C=O) groups excluding carboxylic acids is 1. The van der Waals surface area contributed by atoms with Gasteiger partial charge in [-0.2, -0.15) is 0 Å². The van der Waals surface area contributed by atoms with Gasteiger partial charge in [-0.25, -0.2) is 0 Å². The van der Waals surface area contributed by atoms with E-state index in [0.717, 1.165) is 0 Å². The van der Waals surface area contributed by atoms with Gasteiger partial charge in [0.15, 0.2) is 0 Å². The van der Waals surface area contributed by atoms with Gasteiger partial charge in [-0.15, -0.1) is 0 Å². The van der Waals surface area contributed by atoms with Gasteiger partial charge >= 0.3 is 0 Å². The Hall–Kier alpha value is -1.26. The third-order valence-electron chi connectivity index (χ3n) is 3.00. The lowest BCUT2D eigenvalue weighted by Gasteiger charge is -2.38. The highest BCUT2D eigenvalue weighted by molar-refractivity contribution is 6.33. The van der Waals surface area contributed by atoms with E-state index < -0.39 is 0 Å². The Bertz CT molecular complexity index is 474. The number of carbonyl (C=O) groups is 1. The maximum absolute atomic E-state index is 12.4. The molecule has 2 rings (SSSR count). The number of hydrogen-bond acceptors (Lipinski definition) is 3. The number of halogens is 1. The molecular formula is C13H17ClN2O2. The molecule has 0 saturated carbocycles. The van der Waals surface area contributed by atoms with Gasteiger partial charge in [-0.1, -0.05) is 17.7 Å². The van der Waals surface area contributed by atoms with Crippen LogP contribution in [0.3, 0.4) is 0 Å². The van der Waals surface area contributed by atoms with E-state index in [-0.39, 0.29) is 11.5 Å². The summed E-state index contributed by atoms with van der Waals surface area (Å²) >= 11 is 5.93. The molecule has 1 heterocycles. The molecular weight excluding hydrogens is 252 g/mol. The Labute approximate surface area is 112 Å². The highest BCUT2D eigenvalue weighted by atomic mass is 35.5. The van der Waals surface area contributed by atoms with Gasteiger partial charge in [0.25, 0.3) is 5.91 Å². The monoisotopic (exact) mass is 268 g/mol. The van der Waals surface area contributed by atoms with Crippen LogP contribution in [-0.4, -0.2) is 36.1 Å². The minimum atomic E-state index is -0.318. The molecule has 1 aromatic carbocycles. The fourth-order valence-corrected chi connectivity index (χ4v) is 2.26. The molecule has 1 amide bonds. The number of nitrogens with zero attached hydrogens (tertiary/aromatic N) is 1. The smallest absolute Gasteiger partial charge is 0.256 e. The van der Waals surface area contributed by atoms with Crippen LogP contribution < -0.4 is 5.73 Å². The van der Waals surface area contributed by atoms with Crippen LogP contribution in [0.5, 0.6) is 0 Å². The number of anilines is 1. The van der Waals surface area contributed by atoms with Crippen LogP contribution in [-0.2, 0) is 4.74 Å². The Kier molecular flexibility index (Phi) is 3.50. The first-order chi connectivity index (χ1) is 8.41. The van der Waals surface area contributed by atoms with E-state index in [1.807, 2.05) is 13.8 Å². The normalized spacial score (nSPS) is 18.7. The van der Waals surface area contributed by atoms with Crippen molar-refractivity contribution in [2.24, 2.45) is 0 Å². The highest BCUT2D eigenvalue weighted by Gasteiger charge is 2.31. The summed E-state index contributed by atoms with van der Waals surface area (Å²) in [7, 11) is 0. The maximum atomic E-state index is 12.4. The lowest BCUT2D eigenvalue weighted by atomic mass is 10.1. The van der Waals surface area contributed by atoms with E-state index in [0.29, 0.717) is 36.0 Å². The van der Waals surface area contributed by atoms with Crippen molar-refractivity contribution < 1.29 is 9.53 Å².